The van der Waals surface area contributed by atoms with Gasteiger partial charge in [-0.3, -0.25) is 4.90 Å². The Labute approximate surface area is 123 Å². The lowest BCUT2D eigenvalue weighted by atomic mass is 9.99. The van der Waals surface area contributed by atoms with Crippen LogP contribution >= 0.6 is 0 Å². The quantitative estimate of drug-likeness (QED) is 0.895. The molecule has 1 aromatic carbocycles. The van der Waals surface area contributed by atoms with Crippen molar-refractivity contribution in [2.75, 3.05) is 33.7 Å². The molecule has 1 aromatic rings. The highest BCUT2D eigenvalue weighted by molar-refractivity contribution is 5.25. The largest absolute Gasteiger partial charge is 0.330 e. The molecule has 1 fully saturated rings. The van der Waals surface area contributed by atoms with E-state index < -0.39 is 0 Å². The summed E-state index contributed by atoms with van der Waals surface area (Å²) in [5.41, 5.74) is 8.46. The Kier molecular flexibility index (Phi) is 5.58. The predicted octanol–water partition coefficient (Wildman–Crippen LogP) is 2.27. The maximum atomic E-state index is 5.72. The van der Waals surface area contributed by atoms with Gasteiger partial charge in [0, 0.05) is 19.1 Å². The van der Waals surface area contributed by atoms with E-state index in [4.69, 9.17) is 5.73 Å². The average molecular weight is 275 g/mol. The van der Waals surface area contributed by atoms with Crippen LogP contribution in [0.4, 0.5) is 0 Å². The van der Waals surface area contributed by atoms with E-state index in [9.17, 15) is 0 Å². The minimum Gasteiger partial charge on any atom is -0.330 e. The highest BCUT2D eigenvalue weighted by Crippen LogP contribution is 2.18. The third-order valence-electron chi connectivity index (χ3n) is 4.56. The number of benzene rings is 1. The van der Waals surface area contributed by atoms with Crippen LogP contribution in [0.1, 0.15) is 36.8 Å². The Balaban J connectivity index is 1.92. The third-order valence-corrected chi connectivity index (χ3v) is 4.56. The standard InChI is InChI=1S/C17H29N3/c1-14(11-18)16-8-6-15(7-9-16)12-20(3)17-5-4-10-19(2)13-17/h6-9,14,17H,4-5,10-13,18H2,1-3H3. The van der Waals surface area contributed by atoms with Gasteiger partial charge in [0.15, 0.2) is 0 Å². The molecular weight excluding hydrogens is 246 g/mol. The van der Waals surface area contributed by atoms with Crippen molar-refractivity contribution in [3.8, 4) is 0 Å². The molecule has 1 aliphatic rings. The zero-order valence-corrected chi connectivity index (χ0v) is 13.2. The summed E-state index contributed by atoms with van der Waals surface area (Å²) in [6.45, 7) is 6.37. The first kappa shape index (κ1) is 15.5. The average Bonchev–Trinajstić information content (AvgIpc) is 2.47. The van der Waals surface area contributed by atoms with Crippen LogP contribution in [0.25, 0.3) is 0 Å². The zero-order chi connectivity index (χ0) is 14.5. The molecule has 112 valence electrons. The number of piperidine rings is 1. The van der Waals surface area contributed by atoms with Crippen molar-refractivity contribution in [2.45, 2.75) is 38.3 Å². The number of hydrogen-bond acceptors (Lipinski definition) is 3. The Morgan fingerprint density at radius 3 is 2.65 bits per heavy atom. The highest BCUT2D eigenvalue weighted by Gasteiger charge is 2.20. The van der Waals surface area contributed by atoms with Gasteiger partial charge in [-0.1, -0.05) is 31.2 Å². The molecule has 3 heteroatoms. The second-order valence-corrected chi connectivity index (χ2v) is 6.35. The first-order chi connectivity index (χ1) is 9.60. The van der Waals surface area contributed by atoms with Crippen molar-refractivity contribution in [3.05, 3.63) is 35.4 Å². The second-order valence-electron chi connectivity index (χ2n) is 6.35. The first-order valence-corrected chi connectivity index (χ1v) is 7.78. The van der Waals surface area contributed by atoms with Gasteiger partial charge in [0.25, 0.3) is 0 Å². The number of likely N-dealkylation sites (N-methyl/N-ethyl adjacent to an activating group) is 2. The van der Waals surface area contributed by atoms with E-state index in [0.29, 0.717) is 18.5 Å². The molecule has 0 saturated carbocycles. The molecule has 0 aliphatic carbocycles. The van der Waals surface area contributed by atoms with E-state index in [1.807, 2.05) is 0 Å². The molecular formula is C17H29N3. The molecule has 2 unspecified atom stereocenters. The fraction of sp³-hybridized carbons (Fsp3) is 0.647. The van der Waals surface area contributed by atoms with Crippen molar-refractivity contribution in [2.24, 2.45) is 5.73 Å². The van der Waals surface area contributed by atoms with Crippen molar-refractivity contribution in [3.63, 3.8) is 0 Å². The molecule has 2 rings (SSSR count). The zero-order valence-electron chi connectivity index (χ0n) is 13.2. The van der Waals surface area contributed by atoms with E-state index in [2.05, 4.69) is 55.1 Å². The molecule has 0 aromatic heterocycles. The fourth-order valence-corrected chi connectivity index (χ4v) is 3.00. The SMILES string of the molecule is CC(CN)c1ccc(CN(C)C2CCCN(C)C2)cc1. The van der Waals surface area contributed by atoms with E-state index in [-0.39, 0.29) is 0 Å². The third kappa shape index (κ3) is 4.05. The molecule has 2 N–H and O–H groups in total. The van der Waals surface area contributed by atoms with Crippen LogP contribution in [0.15, 0.2) is 24.3 Å². The Morgan fingerprint density at radius 2 is 2.05 bits per heavy atom. The smallest absolute Gasteiger partial charge is 0.0234 e. The number of rotatable bonds is 5. The monoisotopic (exact) mass is 275 g/mol. The lowest BCUT2D eigenvalue weighted by molar-refractivity contribution is 0.129. The molecule has 1 aliphatic heterocycles. The van der Waals surface area contributed by atoms with Crippen LogP contribution in [0.5, 0.6) is 0 Å². The summed E-state index contributed by atoms with van der Waals surface area (Å²) in [5, 5.41) is 0. The van der Waals surface area contributed by atoms with Crippen LogP contribution in [0.2, 0.25) is 0 Å². The van der Waals surface area contributed by atoms with E-state index in [1.165, 1.54) is 37.1 Å². The summed E-state index contributed by atoms with van der Waals surface area (Å²) in [6, 6.07) is 9.66. The number of nitrogens with two attached hydrogens (primary N) is 1. The Hall–Kier alpha value is -0.900. The van der Waals surface area contributed by atoms with Crippen molar-refractivity contribution >= 4 is 0 Å². The van der Waals surface area contributed by atoms with Gasteiger partial charge >= 0.3 is 0 Å². The fourth-order valence-electron chi connectivity index (χ4n) is 3.00. The topological polar surface area (TPSA) is 32.5 Å². The molecule has 1 heterocycles. The summed E-state index contributed by atoms with van der Waals surface area (Å²) in [4.78, 5) is 4.94. The molecule has 3 nitrogen and oxygen atoms in total. The van der Waals surface area contributed by atoms with E-state index >= 15 is 0 Å². The molecule has 0 bridgehead atoms. The van der Waals surface area contributed by atoms with Gasteiger partial charge in [-0.2, -0.15) is 0 Å². The van der Waals surface area contributed by atoms with Crippen LogP contribution in [0.3, 0.4) is 0 Å². The lowest BCUT2D eigenvalue weighted by Crippen LogP contribution is -2.44. The molecule has 2 atom stereocenters. The normalized spacial score (nSPS) is 22.1. The van der Waals surface area contributed by atoms with E-state index in [1.54, 1.807) is 0 Å². The van der Waals surface area contributed by atoms with Gasteiger partial charge in [0.05, 0.1) is 0 Å². The van der Waals surface area contributed by atoms with Gasteiger partial charge in [-0.25, -0.2) is 0 Å². The van der Waals surface area contributed by atoms with Crippen molar-refractivity contribution < 1.29 is 0 Å². The van der Waals surface area contributed by atoms with Crippen molar-refractivity contribution in [1.29, 1.82) is 0 Å². The second kappa shape index (κ2) is 7.21. The molecule has 20 heavy (non-hydrogen) atoms. The highest BCUT2D eigenvalue weighted by atomic mass is 15.2. The minimum atomic E-state index is 0.453. The number of hydrogen-bond donors (Lipinski definition) is 1. The van der Waals surface area contributed by atoms with Crippen molar-refractivity contribution in [1.82, 2.24) is 9.80 Å². The lowest BCUT2D eigenvalue weighted by Gasteiger charge is -2.36. The predicted molar refractivity (Wildman–Crippen MR) is 85.9 cm³/mol. The maximum Gasteiger partial charge on any atom is 0.0234 e. The van der Waals surface area contributed by atoms with Gasteiger partial charge in [-0.05, 0) is 57.1 Å². The molecule has 0 amide bonds. The van der Waals surface area contributed by atoms with E-state index in [0.717, 1.165) is 6.54 Å². The maximum absolute atomic E-state index is 5.72. The Bertz CT molecular complexity index is 401. The van der Waals surface area contributed by atoms with Gasteiger partial charge in [0.1, 0.15) is 0 Å². The Morgan fingerprint density at radius 1 is 1.35 bits per heavy atom. The van der Waals surface area contributed by atoms with Crippen LogP contribution < -0.4 is 5.73 Å². The molecule has 1 saturated heterocycles. The van der Waals surface area contributed by atoms with Gasteiger partial charge < -0.3 is 10.6 Å². The molecule has 0 radical (unpaired) electrons. The summed E-state index contributed by atoms with van der Waals surface area (Å²) in [5.74, 6) is 0.453. The van der Waals surface area contributed by atoms with Crippen LogP contribution in [-0.4, -0.2) is 49.6 Å². The number of likely N-dealkylation sites (tertiary alicyclic amines) is 1. The summed E-state index contributed by atoms with van der Waals surface area (Å²) >= 11 is 0. The number of nitrogens with zero attached hydrogens (tertiary/aromatic N) is 2. The first-order valence-electron chi connectivity index (χ1n) is 7.78. The molecule has 0 spiro atoms. The summed E-state index contributed by atoms with van der Waals surface area (Å²) in [6.07, 6.45) is 2.64. The van der Waals surface area contributed by atoms with Crippen LogP contribution in [0, 0.1) is 0 Å². The summed E-state index contributed by atoms with van der Waals surface area (Å²) in [7, 11) is 4.48. The van der Waals surface area contributed by atoms with Gasteiger partial charge in [0.2, 0.25) is 0 Å². The van der Waals surface area contributed by atoms with Gasteiger partial charge in [-0.15, -0.1) is 0 Å². The summed E-state index contributed by atoms with van der Waals surface area (Å²) < 4.78 is 0. The van der Waals surface area contributed by atoms with Crippen LogP contribution in [-0.2, 0) is 6.54 Å². The minimum absolute atomic E-state index is 0.453.